The van der Waals surface area contributed by atoms with Crippen LogP contribution in [-0.4, -0.2) is 21.2 Å². The molecule has 1 amide bonds. The molecule has 2 aromatic carbocycles. The number of hydrogen-bond acceptors (Lipinski definition) is 3. The molecule has 0 saturated carbocycles. The van der Waals surface area contributed by atoms with Gasteiger partial charge in [-0.15, -0.1) is 11.8 Å². The van der Waals surface area contributed by atoms with Crippen molar-refractivity contribution in [1.82, 2.24) is 14.9 Å². The second kappa shape index (κ2) is 8.87. The third kappa shape index (κ3) is 5.47. The van der Waals surface area contributed by atoms with Gasteiger partial charge in [-0.25, -0.2) is 4.98 Å². The maximum Gasteiger partial charge on any atom is 0.230 e. The zero-order valence-electron chi connectivity index (χ0n) is 13.6. The fraction of sp³-hybridized carbons (Fsp3) is 0.158. The lowest BCUT2D eigenvalue weighted by Gasteiger charge is -2.07. The van der Waals surface area contributed by atoms with E-state index in [1.807, 2.05) is 47.2 Å². The van der Waals surface area contributed by atoms with Crippen molar-refractivity contribution in [2.45, 2.75) is 12.3 Å². The molecule has 0 spiro atoms. The summed E-state index contributed by atoms with van der Waals surface area (Å²) < 4.78 is 3.01. The average Bonchev–Trinajstić information content (AvgIpc) is 3.17. The topological polar surface area (TPSA) is 46.9 Å². The normalized spacial score (nSPS) is 10.6. The molecule has 25 heavy (non-hydrogen) atoms. The van der Waals surface area contributed by atoms with Crippen molar-refractivity contribution in [3.63, 3.8) is 0 Å². The van der Waals surface area contributed by atoms with Gasteiger partial charge >= 0.3 is 0 Å². The molecule has 1 N–H and O–H groups in total. The lowest BCUT2D eigenvalue weighted by Crippen LogP contribution is -2.24. The molecule has 0 aliphatic rings. The summed E-state index contributed by atoms with van der Waals surface area (Å²) in [5.41, 5.74) is 3.35. The van der Waals surface area contributed by atoms with E-state index in [1.54, 1.807) is 24.3 Å². The van der Waals surface area contributed by atoms with Gasteiger partial charge < -0.3 is 9.88 Å². The van der Waals surface area contributed by atoms with Gasteiger partial charge in [0, 0.05) is 34.9 Å². The predicted octanol–water partition coefficient (Wildman–Crippen LogP) is 4.18. The number of carbonyl (C=O) groups excluding carboxylic acids is 1. The summed E-state index contributed by atoms with van der Waals surface area (Å²) in [5.74, 6) is 1.35. The van der Waals surface area contributed by atoms with Crippen LogP contribution in [-0.2, 0) is 17.1 Å². The molecule has 3 rings (SSSR count). The van der Waals surface area contributed by atoms with E-state index in [9.17, 15) is 4.79 Å². The summed E-state index contributed by atoms with van der Waals surface area (Å²) >= 11 is 5.04. The number of aromatic nitrogens is 2. The van der Waals surface area contributed by atoms with Crippen LogP contribution in [0.2, 0.25) is 0 Å². The number of carbonyl (C=O) groups is 1. The highest BCUT2D eigenvalue weighted by molar-refractivity contribution is 9.10. The van der Waals surface area contributed by atoms with Crippen molar-refractivity contribution in [3.05, 3.63) is 82.9 Å². The predicted molar refractivity (Wildman–Crippen MR) is 106 cm³/mol. The molecule has 0 bridgehead atoms. The minimum atomic E-state index is 0.0563. The number of thioether (sulfide) groups is 1. The van der Waals surface area contributed by atoms with Crippen LogP contribution in [0.5, 0.6) is 0 Å². The first-order chi connectivity index (χ1) is 12.2. The highest BCUT2D eigenvalue weighted by Crippen LogP contribution is 2.16. The molecule has 0 unspecified atom stereocenters. The van der Waals surface area contributed by atoms with Crippen LogP contribution in [0.15, 0.2) is 71.7 Å². The van der Waals surface area contributed by atoms with Crippen molar-refractivity contribution in [1.29, 1.82) is 0 Å². The Kier molecular flexibility index (Phi) is 6.30. The number of amides is 1. The van der Waals surface area contributed by atoms with Crippen LogP contribution >= 0.6 is 27.7 Å². The third-order valence-electron chi connectivity index (χ3n) is 3.64. The zero-order valence-corrected chi connectivity index (χ0v) is 16.0. The van der Waals surface area contributed by atoms with Crippen LogP contribution in [0.1, 0.15) is 11.1 Å². The summed E-state index contributed by atoms with van der Waals surface area (Å²) in [7, 11) is 0. The Bertz CT molecular complexity index is 802. The molecule has 4 nitrogen and oxygen atoms in total. The lowest BCUT2D eigenvalue weighted by molar-refractivity contribution is -0.118. The Labute approximate surface area is 159 Å². The third-order valence-corrected chi connectivity index (χ3v) is 5.18. The van der Waals surface area contributed by atoms with Crippen molar-refractivity contribution in [2.24, 2.45) is 0 Å². The molecule has 0 aliphatic heterocycles. The maximum atomic E-state index is 12.0. The number of rotatable bonds is 7. The van der Waals surface area contributed by atoms with Crippen LogP contribution in [0.3, 0.4) is 0 Å². The highest BCUT2D eigenvalue weighted by atomic mass is 79.9. The first-order valence-corrected chi connectivity index (χ1v) is 9.81. The van der Waals surface area contributed by atoms with Gasteiger partial charge in [0.2, 0.25) is 5.91 Å². The average molecular weight is 416 g/mol. The van der Waals surface area contributed by atoms with Crippen LogP contribution < -0.4 is 5.32 Å². The van der Waals surface area contributed by atoms with E-state index in [0.29, 0.717) is 12.3 Å². The second-order valence-electron chi connectivity index (χ2n) is 5.53. The Morgan fingerprint density at radius 3 is 2.48 bits per heavy atom. The molecule has 1 heterocycles. The highest BCUT2D eigenvalue weighted by Gasteiger charge is 2.03. The summed E-state index contributed by atoms with van der Waals surface area (Å²) in [6.45, 7) is 0.544. The van der Waals surface area contributed by atoms with Gasteiger partial charge in [-0.2, -0.15) is 0 Å². The number of hydrogen-bond donors (Lipinski definition) is 1. The van der Waals surface area contributed by atoms with E-state index >= 15 is 0 Å². The van der Waals surface area contributed by atoms with E-state index in [2.05, 4.69) is 38.4 Å². The van der Waals surface area contributed by atoms with E-state index in [0.717, 1.165) is 21.5 Å². The van der Waals surface area contributed by atoms with E-state index < -0.39 is 0 Å². The molecule has 0 atom stereocenters. The summed E-state index contributed by atoms with van der Waals surface area (Å²) in [6.07, 6.45) is 5.42. The van der Waals surface area contributed by atoms with Crippen LogP contribution in [0.25, 0.3) is 5.69 Å². The SMILES string of the molecule is O=C(CSCc1ccc(Br)cc1)NCc1ccc(-n2ccnc2)cc1. The lowest BCUT2D eigenvalue weighted by atomic mass is 10.2. The molecule has 0 fully saturated rings. The monoisotopic (exact) mass is 415 g/mol. The van der Waals surface area contributed by atoms with E-state index in [-0.39, 0.29) is 5.91 Å². The first-order valence-electron chi connectivity index (χ1n) is 7.87. The van der Waals surface area contributed by atoms with Crippen LogP contribution in [0, 0.1) is 0 Å². The first kappa shape index (κ1) is 17.8. The van der Waals surface area contributed by atoms with Gasteiger partial charge in [-0.1, -0.05) is 40.2 Å². The van der Waals surface area contributed by atoms with Gasteiger partial charge in [-0.05, 0) is 35.4 Å². The smallest absolute Gasteiger partial charge is 0.230 e. The Morgan fingerprint density at radius 1 is 1.08 bits per heavy atom. The maximum absolute atomic E-state index is 12.0. The molecule has 1 aromatic heterocycles. The van der Waals surface area contributed by atoms with Crippen molar-refractivity contribution < 1.29 is 4.79 Å². The molecule has 0 saturated heterocycles. The Morgan fingerprint density at radius 2 is 1.80 bits per heavy atom. The fourth-order valence-corrected chi connectivity index (χ4v) is 3.37. The van der Waals surface area contributed by atoms with Gasteiger partial charge in [0.05, 0.1) is 12.1 Å². The molecule has 128 valence electrons. The summed E-state index contributed by atoms with van der Waals surface area (Å²) in [4.78, 5) is 16.0. The second-order valence-corrected chi connectivity index (χ2v) is 7.43. The number of nitrogens with zero attached hydrogens (tertiary/aromatic N) is 2. The Hall–Kier alpha value is -2.05. The molecule has 6 heteroatoms. The number of nitrogens with one attached hydrogen (secondary N) is 1. The van der Waals surface area contributed by atoms with Crippen molar-refractivity contribution in [2.75, 3.05) is 5.75 Å². The van der Waals surface area contributed by atoms with E-state index in [4.69, 9.17) is 0 Å². The number of imidazole rings is 1. The molecular formula is C19H18BrN3OS. The molecule has 0 radical (unpaired) electrons. The standard InChI is InChI=1S/C19H18BrN3OS/c20-17-5-1-16(2-6-17)12-25-13-19(24)22-11-15-3-7-18(8-4-15)23-10-9-21-14-23/h1-10,14H,11-13H2,(H,22,24). The number of halogens is 1. The van der Waals surface area contributed by atoms with Gasteiger partial charge in [0.25, 0.3) is 0 Å². The minimum absolute atomic E-state index is 0.0563. The summed E-state index contributed by atoms with van der Waals surface area (Å²) in [5, 5.41) is 2.96. The van der Waals surface area contributed by atoms with Gasteiger partial charge in [0.1, 0.15) is 0 Å². The number of benzene rings is 2. The molecular weight excluding hydrogens is 398 g/mol. The largest absolute Gasteiger partial charge is 0.351 e. The quantitative estimate of drug-likeness (QED) is 0.629. The van der Waals surface area contributed by atoms with Crippen LogP contribution in [0.4, 0.5) is 0 Å². The zero-order chi connectivity index (χ0) is 17.5. The molecule has 0 aliphatic carbocycles. The fourth-order valence-electron chi connectivity index (χ4n) is 2.29. The van der Waals surface area contributed by atoms with Gasteiger partial charge in [-0.3, -0.25) is 4.79 Å². The van der Waals surface area contributed by atoms with Crippen molar-refractivity contribution in [3.8, 4) is 5.69 Å². The Balaban J connectivity index is 1.40. The summed E-state index contributed by atoms with van der Waals surface area (Å²) in [6, 6.07) is 16.2. The van der Waals surface area contributed by atoms with E-state index in [1.165, 1.54) is 5.56 Å². The van der Waals surface area contributed by atoms with Gasteiger partial charge in [0.15, 0.2) is 0 Å². The molecule has 3 aromatic rings. The minimum Gasteiger partial charge on any atom is -0.351 e. The van der Waals surface area contributed by atoms with Crippen molar-refractivity contribution >= 4 is 33.6 Å².